The second kappa shape index (κ2) is 7.87. The van der Waals surface area contributed by atoms with Crippen LogP contribution in [0.2, 0.25) is 0 Å². The zero-order chi connectivity index (χ0) is 20.3. The largest absolute Gasteiger partial charge is 0.497 e. The second-order valence-corrected chi connectivity index (χ2v) is 5.74. The summed E-state index contributed by atoms with van der Waals surface area (Å²) < 4.78 is 21.3. The van der Waals surface area contributed by atoms with Crippen LogP contribution < -0.4 is 20.5 Å². The van der Waals surface area contributed by atoms with Crippen molar-refractivity contribution in [3.05, 3.63) is 52.5 Å². The minimum absolute atomic E-state index is 0.183. The van der Waals surface area contributed by atoms with Crippen molar-refractivity contribution >= 4 is 28.7 Å². The molecule has 146 valence electrons. The van der Waals surface area contributed by atoms with Crippen molar-refractivity contribution in [2.75, 3.05) is 26.6 Å². The lowest BCUT2D eigenvalue weighted by molar-refractivity contribution is -0.116. The van der Waals surface area contributed by atoms with Gasteiger partial charge in [-0.05, 0) is 30.3 Å². The van der Waals surface area contributed by atoms with Crippen LogP contribution >= 0.6 is 0 Å². The number of esters is 1. The van der Waals surface area contributed by atoms with E-state index in [1.54, 1.807) is 18.2 Å². The molecule has 1 heterocycles. The Morgan fingerprint density at radius 1 is 1.07 bits per heavy atom. The van der Waals surface area contributed by atoms with Crippen molar-refractivity contribution in [2.24, 2.45) is 0 Å². The lowest BCUT2D eigenvalue weighted by Crippen LogP contribution is -2.25. The Hall–Kier alpha value is -3.75. The minimum Gasteiger partial charge on any atom is -0.497 e. The predicted molar refractivity (Wildman–Crippen MR) is 100.0 cm³/mol. The van der Waals surface area contributed by atoms with Crippen LogP contribution in [0.5, 0.6) is 11.5 Å². The van der Waals surface area contributed by atoms with Crippen LogP contribution in [0.1, 0.15) is 10.4 Å². The maximum Gasteiger partial charge on any atom is 0.420 e. The van der Waals surface area contributed by atoms with Crippen LogP contribution in [-0.2, 0) is 16.1 Å². The Kier molecular flexibility index (Phi) is 5.35. The lowest BCUT2D eigenvalue weighted by Gasteiger charge is -2.11. The van der Waals surface area contributed by atoms with Gasteiger partial charge in [0.2, 0.25) is 5.91 Å². The standard InChI is InChI=1S/C19H18N2O7/c1-25-12-5-6-13(15(9-12)26-2)20-17(22)10-21-14-7-4-11(18(23)27-3)8-16(14)28-19(21)24/h4-9H,10H2,1-3H3,(H,20,22). The summed E-state index contributed by atoms with van der Waals surface area (Å²) in [5.74, 6) is -0.728. The van der Waals surface area contributed by atoms with Crippen LogP contribution in [0.4, 0.5) is 5.69 Å². The van der Waals surface area contributed by atoms with E-state index in [1.165, 1.54) is 44.1 Å². The molecule has 1 N–H and O–H groups in total. The van der Waals surface area contributed by atoms with Crippen LogP contribution in [-0.4, -0.2) is 37.8 Å². The number of methoxy groups -OCH3 is 3. The Morgan fingerprint density at radius 3 is 2.54 bits per heavy atom. The number of nitrogens with one attached hydrogen (secondary N) is 1. The molecule has 1 amide bonds. The third-order valence-electron chi connectivity index (χ3n) is 4.07. The SMILES string of the molecule is COC(=O)c1ccc2c(c1)oc(=O)n2CC(=O)Nc1ccc(OC)cc1OC. The van der Waals surface area contributed by atoms with Crippen molar-refractivity contribution in [3.8, 4) is 11.5 Å². The fraction of sp³-hybridized carbons (Fsp3) is 0.211. The van der Waals surface area contributed by atoms with Gasteiger partial charge in [0.15, 0.2) is 5.58 Å². The van der Waals surface area contributed by atoms with E-state index in [2.05, 4.69) is 10.1 Å². The Balaban J connectivity index is 1.84. The number of fused-ring (bicyclic) bond motifs is 1. The highest BCUT2D eigenvalue weighted by Crippen LogP contribution is 2.29. The first-order valence-electron chi connectivity index (χ1n) is 8.20. The van der Waals surface area contributed by atoms with E-state index in [4.69, 9.17) is 13.9 Å². The number of oxazole rings is 1. The molecule has 3 rings (SSSR count). The van der Waals surface area contributed by atoms with E-state index in [-0.39, 0.29) is 17.7 Å². The zero-order valence-corrected chi connectivity index (χ0v) is 15.5. The first-order chi connectivity index (χ1) is 13.5. The average molecular weight is 386 g/mol. The lowest BCUT2D eigenvalue weighted by atomic mass is 10.2. The van der Waals surface area contributed by atoms with Crippen molar-refractivity contribution in [3.63, 3.8) is 0 Å². The van der Waals surface area contributed by atoms with E-state index in [0.717, 1.165) is 0 Å². The van der Waals surface area contributed by atoms with E-state index in [9.17, 15) is 14.4 Å². The van der Waals surface area contributed by atoms with Gasteiger partial charge in [-0.3, -0.25) is 9.36 Å². The van der Waals surface area contributed by atoms with Crippen molar-refractivity contribution in [1.29, 1.82) is 0 Å². The number of carbonyl (C=O) groups is 2. The number of hydrogen-bond acceptors (Lipinski definition) is 7. The normalized spacial score (nSPS) is 10.5. The number of rotatable bonds is 6. The molecule has 0 bridgehead atoms. The van der Waals surface area contributed by atoms with E-state index in [0.29, 0.717) is 22.7 Å². The molecule has 0 atom stereocenters. The van der Waals surface area contributed by atoms with Crippen LogP contribution in [0.15, 0.2) is 45.6 Å². The summed E-state index contributed by atoms with van der Waals surface area (Å²) in [6, 6.07) is 9.34. The van der Waals surface area contributed by atoms with Gasteiger partial charge in [0.05, 0.1) is 38.1 Å². The fourth-order valence-electron chi connectivity index (χ4n) is 2.70. The first-order valence-corrected chi connectivity index (χ1v) is 8.20. The van der Waals surface area contributed by atoms with Gasteiger partial charge in [0.25, 0.3) is 0 Å². The molecule has 28 heavy (non-hydrogen) atoms. The highest BCUT2D eigenvalue weighted by atomic mass is 16.5. The molecule has 0 unspecified atom stereocenters. The van der Waals surface area contributed by atoms with Crippen LogP contribution in [0, 0.1) is 0 Å². The summed E-state index contributed by atoms with van der Waals surface area (Å²) in [5.41, 5.74) is 1.24. The highest BCUT2D eigenvalue weighted by molar-refractivity contribution is 5.95. The maximum atomic E-state index is 12.4. The number of ether oxygens (including phenoxy) is 3. The van der Waals surface area contributed by atoms with Gasteiger partial charge in [0.1, 0.15) is 18.0 Å². The van der Waals surface area contributed by atoms with Crippen molar-refractivity contribution in [1.82, 2.24) is 4.57 Å². The summed E-state index contributed by atoms with van der Waals surface area (Å²) in [5, 5.41) is 2.69. The summed E-state index contributed by atoms with van der Waals surface area (Å²) in [6.07, 6.45) is 0. The van der Waals surface area contributed by atoms with Crippen molar-refractivity contribution in [2.45, 2.75) is 6.54 Å². The summed E-state index contributed by atoms with van der Waals surface area (Å²) >= 11 is 0. The molecule has 9 nitrogen and oxygen atoms in total. The smallest absolute Gasteiger partial charge is 0.420 e. The molecular formula is C19H18N2O7. The van der Waals surface area contributed by atoms with Gasteiger partial charge < -0.3 is 23.9 Å². The predicted octanol–water partition coefficient (Wildman–Crippen LogP) is 2.04. The first kappa shape index (κ1) is 19.0. The molecule has 0 aliphatic heterocycles. The van der Waals surface area contributed by atoms with Gasteiger partial charge in [-0.25, -0.2) is 9.59 Å². The number of carbonyl (C=O) groups excluding carboxylic acids is 2. The number of benzene rings is 2. The maximum absolute atomic E-state index is 12.4. The second-order valence-electron chi connectivity index (χ2n) is 5.74. The van der Waals surface area contributed by atoms with Gasteiger partial charge in [-0.1, -0.05) is 0 Å². The molecule has 0 saturated heterocycles. The molecule has 0 aliphatic rings. The number of amides is 1. The summed E-state index contributed by atoms with van der Waals surface area (Å²) in [4.78, 5) is 36.2. The molecule has 3 aromatic rings. The average Bonchev–Trinajstić information content (AvgIpc) is 3.01. The number of anilines is 1. The van der Waals surface area contributed by atoms with Gasteiger partial charge in [-0.2, -0.15) is 0 Å². The van der Waals surface area contributed by atoms with E-state index < -0.39 is 17.6 Å². The fourth-order valence-corrected chi connectivity index (χ4v) is 2.70. The molecular weight excluding hydrogens is 368 g/mol. The van der Waals surface area contributed by atoms with Crippen molar-refractivity contribution < 1.29 is 28.2 Å². The Labute approximate surface area is 159 Å². The zero-order valence-electron chi connectivity index (χ0n) is 15.5. The quantitative estimate of drug-likeness (QED) is 0.646. The molecule has 0 saturated carbocycles. The molecule has 2 aromatic carbocycles. The minimum atomic E-state index is -0.714. The third-order valence-corrected chi connectivity index (χ3v) is 4.07. The monoisotopic (exact) mass is 386 g/mol. The Morgan fingerprint density at radius 2 is 1.86 bits per heavy atom. The van der Waals surface area contributed by atoms with Crippen LogP contribution in [0.3, 0.4) is 0 Å². The molecule has 9 heteroatoms. The van der Waals surface area contributed by atoms with Gasteiger partial charge in [0, 0.05) is 6.07 Å². The summed E-state index contributed by atoms with van der Waals surface area (Å²) in [7, 11) is 4.25. The molecule has 0 fully saturated rings. The summed E-state index contributed by atoms with van der Waals surface area (Å²) in [6.45, 7) is -0.279. The third kappa shape index (κ3) is 3.68. The molecule has 1 aromatic heterocycles. The number of hydrogen-bond donors (Lipinski definition) is 1. The van der Waals surface area contributed by atoms with Crippen LogP contribution in [0.25, 0.3) is 11.1 Å². The van der Waals surface area contributed by atoms with E-state index >= 15 is 0 Å². The molecule has 0 radical (unpaired) electrons. The van der Waals surface area contributed by atoms with Gasteiger partial charge >= 0.3 is 11.7 Å². The highest BCUT2D eigenvalue weighted by Gasteiger charge is 2.16. The van der Waals surface area contributed by atoms with E-state index in [1.807, 2.05) is 0 Å². The molecule has 0 spiro atoms. The Bertz CT molecular complexity index is 1100. The van der Waals surface area contributed by atoms with Gasteiger partial charge in [-0.15, -0.1) is 0 Å². The molecule has 0 aliphatic carbocycles. The number of aromatic nitrogens is 1. The number of nitrogens with zero attached hydrogens (tertiary/aromatic N) is 1. The topological polar surface area (TPSA) is 109 Å².